The van der Waals surface area contributed by atoms with Gasteiger partial charge in [0.2, 0.25) is 5.91 Å². The molecular formula is C22H24N4O3S. The first kappa shape index (κ1) is 21.4. The van der Waals surface area contributed by atoms with Crippen LogP contribution in [0.15, 0.2) is 40.5 Å². The fourth-order valence-electron chi connectivity index (χ4n) is 3.46. The number of anilines is 1. The molecule has 3 aromatic rings. The molecule has 1 aromatic carbocycles. The Hall–Kier alpha value is -3.26. The zero-order valence-corrected chi connectivity index (χ0v) is 18.2. The summed E-state index contributed by atoms with van der Waals surface area (Å²) in [5.41, 5.74) is 9.28. The van der Waals surface area contributed by atoms with Gasteiger partial charge in [0, 0.05) is 22.3 Å². The Morgan fingerprint density at radius 2 is 1.87 bits per heavy atom. The Morgan fingerprint density at radius 3 is 2.43 bits per heavy atom. The molecule has 3 rings (SSSR count). The van der Waals surface area contributed by atoms with Crippen LogP contribution in [0.1, 0.15) is 46.7 Å². The number of nitrogens with two attached hydrogens (primary N) is 1. The van der Waals surface area contributed by atoms with Crippen molar-refractivity contribution in [2.24, 2.45) is 5.73 Å². The Labute approximate surface area is 178 Å². The number of carbonyl (C=O) groups excluding carboxylic acids is 2. The van der Waals surface area contributed by atoms with Gasteiger partial charge in [0.25, 0.3) is 5.91 Å². The van der Waals surface area contributed by atoms with Gasteiger partial charge in [-0.05, 0) is 38.8 Å². The topological polar surface area (TPSA) is 107 Å². The maximum Gasteiger partial charge on any atom is 0.348 e. The monoisotopic (exact) mass is 424 g/mol. The molecule has 0 saturated heterocycles. The van der Waals surface area contributed by atoms with Gasteiger partial charge in [0.05, 0.1) is 5.56 Å². The van der Waals surface area contributed by atoms with Gasteiger partial charge in [0.1, 0.15) is 11.0 Å². The van der Waals surface area contributed by atoms with E-state index in [9.17, 15) is 14.4 Å². The summed E-state index contributed by atoms with van der Waals surface area (Å²) in [6, 6.07) is 8.71. The van der Waals surface area contributed by atoms with Gasteiger partial charge in [0.15, 0.2) is 0 Å². The van der Waals surface area contributed by atoms with Crippen molar-refractivity contribution in [1.29, 1.82) is 0 Å². The van der Waals surface area contributed by atoms with Crippen molar-refractivity contribution in [3.8, 4) is 11.1 Å². The number of benzene rings is 1. The van der Waals surface area contributed by atoms with E-state index in [1.807, 2.05) is 38.1 Å². The van der Waals surface area contributed by atoms with E-state index >= 15 is 0 Å². The average Bonchev–Trinajstić information content (AvgIpc) is 3.08. The predicted octanol–water partition coefficient (Wildman–Crippen LogP) is 3.59. The van der Waals surface area contributed by atoms with E-state index in [-0.39, 0.29) is 5.56 Å². The first-order valence-corrected chi connectivity index (χ1v) is 10.5. The zero-order chi connectivity index (χ0) is 22.0. The number of hydrogen-bond donors (Lipinski definition) is 2. The van der Waals surface area contributed by atoms with Gasteiger partial charge in [-0.1, -0.05) is 36.8 Å². The number of nitrogens with one attached hydrogen (secondary N) is 1. The maximum atomic E-state index is 13.1. The number of amides is 2. The second kappa shape index (κ2) is 8.62. The van der Waals surface area contributed by atoms with Crippen LogP contribution in [-0.2, 0) is 4.79 Å². The maximum absolute atomic E-state index is 13.1. The van der Waals surface area contributed by atoms with E-state index in [1.165, 1.54) is 15.9 Å². The third kappa shape index (κ3) is 4.18. The number of rotatable bonds is 6. The van der Waals surface area contributed by atoms with Gasteiger partial charge in [-0.15, -0.1) is 11.3 Å². The lowest BCUT2D eigenvalue weighted by Gasteiger charge is -2.20. The molecular weight excluding hydrogens is 400 g/mol. The molecule has 2 aromatic heterocycles. The van der Waals surface area contributed by atoms with Gasteiger partial charge >= 0.3 is 5.69 Å². The van der Waals surface area contributed by atoms with Crippen LogP contribution in [0.5, 0.6) is 0 Å². The largest absolute Gasteiger partial charge is 0.365 e. The van der Waals surface area contributed by atoms with Crippen LogP contribution in [-0.4, -0.2) is 21.4 Å². The third-order valence-electron chi connectivity index (χ3n) is 4.91. The van der Waals surface area contributed by atoms with E-state index in [0.29, 0.717) is 28.4 Å². The average molecular weight is 425 g/mol. The summed E-state index contributed by atoms with van der Waals surface area (Å²) >= 11 is 1.23. The second-order valence-corrected chi connectivity index (χ2v) is 8.07. The van der Waals surface area contributed by atoms with Crippen LogP contribution in [0.25, 0.3) is 11.1 Å². The minimum Gasteiger partial charge on any atom is -0.365 e. The standard InChI is InChI=1S/C22H24N4O3S/c1-5-17(26-14(4)10-13(3)24-22(26)29)20(28)25-21-18(19(23)27)16(11-30-21)15-8-6-12(2)7-9-15/h6-11,17H,5H2,1-4H3,(H2,23,27)(H,25,28). The lowest BCUT2D eigenvalue weighted by Crippen LogP contribution is -2.36. The number of aryl methyl sites for hydroxylation is 3. The lowest BCUT2D eigenvalue weighted by molar-refractivity contribution is -0.119. The highest BCUT2D eigenvalue weighted by Crippen LogP contribution is 2.36. The first-order chi connectivity index (χ1) is 14.2. The molecule has 0 spiro atoms. The summed E-state index contributed by atoms with van der Waals surface area (Å²) in [4.78, 5) is 41.6. The Bertz CT molecular complexity index is 1160. The zero-order valence-electron chi connectivity index (χ0n) is 17.4. The van der Waals surface area contributed by atoms with Gasteiger partial charge in [-0.25, -0.2) is 4.79 Å². The molecule has 0 aliphatic rings. The number of nitrogens with zero attached hydrogens (tertiary/aromatic N) is 2. The molecule has 0 radical (unpaired) electrons. The SMILES string of the molecule is CCC(C(=O)Nc1scc(-c2ccc(C)cc2)c1C(N)=O)n1c(C)cc(C)nc1=O. The van der Waals surface area contributed by atoms with Crippen LogP contribution < -0.4 is 16.7 Å². The summed E-state index contributed by atoms with van der Waals surface area (Å²) in [7, 11) is 0. The van der Waals surface area contributed by atoms with E-state index in [4.69, 9.17) is 5.73 Å². The molecule has 0 aliphatic heterocycles. The van der Waals surface area contributed by atoms with E-state index in [0.717, 1.165) is 11.1 Å². The first-order valence-electron chi connectivity index (χ1n) is 9.58. The van der Waals surface area contributed by atoms with Crippen LogP contribution in [0.2, 0.25) is 0 Å². The summed E-state index contributed by atoms with van der Waals surface area (Å²) < 4.78 is 1.38. The predicted molar refractivity (Wildman–Crippen MR) is 119 cm³/mol. The molecule has 2 heterocycles. The summed E-state index contributed by atoms with van der Waals surface area (Å²) in [5, 5.41) is 4.97. The summed E-state index contributed by atoms with van der Waals surface area (Å²) in [5.74, 6) is -1.02. The molecule has 8 heteroatoms. The van der Waals surface area contributed by atoms with Gasteiger partial charge < -0.3 is 11.1 Å². The van der Waals surface area contributed by atoms with Crippen LogP contribution in [0.4, 0.5) is 5.00 Å². The second-order valence-electron chi connectivity index (χ2n) is 7.19. The fourth-order valence-corrected chi connectivity index (χ4v) is 4.44. The molecule has 30 heavy (non-hydrogen) atoms. The number of hydrogen-bond acceptors (Lipinski definition) is 5. The van der Waals surface area contributed by atoms with E-state index < -0.39 is 23.5 Å². The number of primary amides is 1. The molecule has 1 unspecified atom stereocenters. The smallest absolute Gasteiger partial charge is 0.348 e. The highest BCUT2D eigenvalue weighted by atomic mass is 32.1. The quantitative estimate of drug-likeness (QED) is 0.630. The van der Waals surface area contributed by atoms with Crippen LogP contribution >= 0.6 is 11.3 Å². The van der Waals surface area contributed by atoms with Crippen molar-refractivity contribution in [1.82, 2.24) is 9.55 Å². The van der Waals surface area contributed by atoms with Crippen molar-refractivity contribution in [3.05, 3.63) is 68.7 Å². The normalized spacial score (nSPS) is 11.9. The summed E-state index contributed by atoms with van der Waals surface area (Å²) in [6.07, 6.45) is 0.388. The van der Waals surface area contributed by atoms with Crippen molar-refractivity contribution < 1.29 is 9.59 Å². The lowest BCUT2D eigenvalue weighted by atomic mass is 10.0. The van der Waals surface area contributed by atoms with Gasteiger partial charge in [-0.3, -0.25) is 14.2 Å². The van der Waals surface area contributed by atoms with Crippen molar-refractivity contribution in [2.45, 2.75) is 40.2 Å². The van der Waals surface area contributed by atoms with Crippen molar-refractivity contribution >= 4 is 28.2 Å². The number of thiophene rings is 1. The molecule has 0 bridgehead atoms. The molecule has 156 valence electrons. The van der Waals surface area contributed by atoms with Crippen LogP contribution in [0, 0.1) is 20.8 Å². The molecule has 0 saturated carbocycles. The highest BCUT2D eigenvalue weighted by Gasteiger charge is 2.25. The minimum absolute atomic E-state index is 0.262. The Kier molecular flexibility index (Phi) is 6.17. The van der Waals surface area contributed by atoms with E-state index in [1.54, 1.807) is 25.3 Å². The Morgan fingerprint density at radius 1 is 1.20 bits per heavy atom. The van der Waals surface area contributed by atoms with E-state index in [2.05, 4.69) is 10.3 Å². The van der Waals surface area contributed by atoms with Crippen molar-refractivity contribution in [3.63, 3.8) is 0 Å². The fraction of sp³-hybridized carbons (Fsp3) is 0.273. The number of aromatic nitrogens is 2. The molecule has 1 atom stereocenters. The molecule has 2 amide bonds. The molecule has 0 fully saturated rings. The third-order valence-corrected chi connectivity index (χ3v) is 5.81. The number of carbonyl (C=O) groups is 2. The van der Waals surface area contributed by atoms with Crippen LogP contribution in [0.3, 0.4) is 0 Å². The molecule has 7 nitrogen and oxygen atoms in total. The summed E-state index contributed by atoms with van der Waals surface area (Å²) in [6.45, 7) is 7.29. The molecule has 0 aliphatic carbocycles. The molecule has 3 N–H and O–H groups in total. The Balaban J connectivity index is 1.97. The highest BCUT2D eigenvalue weighted by molar-refractivity contribution is 7.15. The van der Waals surface area contributed by atoms with Gasteiger partial charge in [-0.2, -0.15) is 4.98 Å². The van der Waals surface area contributed by atoms with Crippen molar-refractivity contribution in [2.75, 3.05) is 5.32 Å². The minimum atomic E-state index is -0.753.